The summed E-state index contributed by atoms with van der Waals surface area (Å²) in [4.78, 5) is 28.0. The predicted molar refractivity (Wildman–Crippen MR) is 233 cm³/mol. The van der Waals surface area contributed by atoms with Crippen molar-refractivity contribution < 1.29 is 14.3 Å². The van der Waals surface area contributed by atoms with Crippen molar-refractivity contribution in [1.29, 1.82) is 0 Å². The summed E-state index contributed by atoms with van der Waals surface area (Å²) in [6.07, 6.45) is 23.7. The minimum Gasteiger partial charge on any atom is -0.458 e. The van der Waals surface area contributed by atoms with Crippen LogP contribution in [0, 0.1) is 0 Å². The largest absolute Gasteiger partial charge is 0.458 e. The fourth-order valence-electron chi connectivity index (χ4n) is 7.80. The third kappa shape index (κ3) is 17.5. The van der Waals surface area contributed by atoms with Crippen molar-refractivity contribution >= 4 is 33.7 Å². The number of carbonyl (C=O) groups excluding carboxylic acids is 1. The van der Waals surface area contributed by atoms with Crippen LogP contribution in [-0.2, 0) is 27.4 Å². The number of imidazole rings is 1. The normalized spacial score (nSPS) is 12.2. The average Bonchev–Trinajstić information content (AvgIpc) is 3.52. The molecule has 2 aromatic heterocycles. The molecule has 3 aromatic rings. The zero-order chi connectivity index (χ0) is 39.7. The van der Waals surface area contributed by atoms with E-state index in [0.717, 1.165) is 54.6 Å². The van der Waals surface area contributed by atoms with Gasteiger partial charge in [0.25, 0.3) is 0 Å². The molecule has 312 valence electrons. The van der Waals surface area contributed by atoms with Crippen LogP contribution < -0.4 is 5.73 Å². The molecule has 3 rings (SSSR count). The summed E-state index contributed by atoms with van der Waals surface area (Å²) in [5, 5.41) is 0.969. The number of pyridine rings is 1. The van der Waals surface area contributed by atoms with Gasteiger partial charge < -0.3 is 29.6 Å². The maximum absolute atomic E-state index is 13.2. The van der Waals surface area contributed by atoms with Gasteiger partial charge in [-0.15, -0.1) is 0 Å². The summed E-state index contributed by atoms with van der Waals surface area (Å²) in [6.45, 7) is 21.2. The van der Waals surface area contributed by atoms with Crippen molar-refractivity contribution in [3.8, 4) is 0 Å². The second-order valence-electron chi connectivity index (χ2n) is 16.4. The Morgan fingerprint density at radius 3 is 1.87 bits per heavy atom. The zero-order valence-corrected chi connectivity index (χ0v) is 36.1. The number of carbonyl (C=O) groups is 1. The summed E-state index contributed by atoms with van der Waals surface area (Å²) in [6, 6.07) is 7.96. The van der Waals surface area contributed by atoms with Crippen molar-refractivity contribution in [3.63, 3.8) is 0 Å². The van der Waals surface area contributed by atoms with Gasteiger partial charge in [0.15, 0.2) is 5.82 Å². The summed E-state index contributed by atoms with van der Waals surface area (Å²) < 4.78 is 14.0. The van der Waals surface area contributed by atoms with E-state index in [4.69, 9.17) is 20.2 Å². The van der Waals surface area contributed by atoms with Gasteiger partial charge >= 0.3 is 5.97 Å². The molecule has 0 atom stereocenters. The van der Waals surface area contributed by atoms with Crippen molar-refractivity contribution in [2.75, 3.05) is 51.6 Å². The van der Waals surface area contributed by atoms with Crippen LogP contribution in [0.1, 0.15) is 169 Å². The molecule has 0 fully saturated rings. The van der Waals surface area contributed by atoms with Crippen molar-refractivity contribution in [1.82, 2.24) is 24.3 Å². The molecule has 2 heterocycles. The van der Waals surface area contributed by atoms with Gasteiger partial charge in [-0.1, -0.05) is 122 Å². The van der Waals surface area contributed by atoms with Crippen LogP contribution in [0.25, 0.3) is 21.9 Å². The van der Waals surface area contributed by atoms with E-state index in [1.165, 1.54) is 122 Å². The first-order valence-corrected chi connectivity index (χ1v) is 22.5. The summed E-state index contributed by atoms with van der Waals surface area (Å²) in [5.74, 6) is 0.998. The lowest BCUT2D eigenvalue weighted by molar-refractivity contribution is -0.157. The SMILES string of the molecule is CCCCCCCCCN(CC)CCCN(CCCCCCCCC)CCCCCC(=O)OC(C)(C)Cn1c(COCC)nc2c(N)nc3ccccc3c21. The Kier molecular flexibility index (Phi) is 22.9. The lowest BCUT2D eigenvalue weighted by Crippen LogP contribution is -2.34. The smallest absolute Gasteiger partial charge is 0.306 e. The van der Waals surface area contributed by atoms with E-state index in [2.05, 4.69) is 40.1 Å². The van der Waals surface area contributed by atoms with Crippen molar-refractivity contribution in [2.24, 2.45) is 0 Å². The van der Waals surface area contributed by atoms with Gasteiger partial charge in [0.05, 0.1) is 17.6 Å². The minimum absolute atomic E-state index is 0.146. The Morgan fingerprint density at radius 2 is 1.25 bits per heavy atom. The maximum atomic E-state index is 13.2. The van der Waals surface area contributed by atoms with Crippen LogP contribution in [0.3, 0.4) is 0 Å². The highest BCUT2D eigenvalue weighted by Crippen LogP contribution is 2.31. The molecule has 9 nitrogen and oxygen atoms in total. The topological polar surface area (TPSA) is 98.7 Å². The zero-order valence-electron chi connectivity index (χ0n) is 36.1. The summed E-state index contributed by atoms with van der Waals surface area (Å²) in [7, 11) is 0. The molecule has 1 aromatic carbocycles. The maximum Gasteiger partial charge on any atom is 0.306 e. The molecular weight excluding hydrogens is 685 g/mol. The number of nitrogens with two attached hydrogens (primary N) is 1. The fraction of sp³-hybridized carbons (Fsp3) is 0.761. The Labute approximate surface area is 335 Å². The van der Waals surface area contributed by atoms with E-state index in [9.17, 15) is 4.79 Å². The Morgan fingerprint density at radius 1 is 0.709 bits per heavy atom. The lowest BCUT2D eigenvalue weighted by Gasteiger charge is -2.27. The highest BCUT2D eigenvalue weighted by Gasteiger charge is 2.27. The number of esters is 1. The molecule has 0 aliphatic carbocycles. The number of hydrogen-bond donors (Lipinski definition) is 1. The van der Waals surface area contributed by atoms with Crippen LogP contribution in [-0.4, -0.2) is 81.8 Å². The van der Waals surface area contributed by atoms with Crippen LogP contribution in [0.4, 0.5) is 5.82 Å². The monoisotopic (exact) mass is 765 g/mol. The molecule has 0 saturated carbocycles. The number of para-hydroxylation sites is 1. The Hall–Kier alpha value is -2.75. The molecular formula is C46H80N6O3. The molecule has 0 amide bonds. The molecule has 0 unspecified atom stereocenters. The summed E-state index contributed by atoms with van der Waals surface area (Å²) in [5.41, 5.74) is 8.00. The number of rotatable bonds is 33. The van der Waals surface area contributed by atoms with E-state index in [0.29, 0.717) is 37.5 Å². The molecule has 0 saturated heterocycles. The standard InChI is InChI=1S/C46H80N6O3/c1-7-11-13-15-17-19-25-32-50(9-3)35-28-36-51(33-26-20-18-16-14-12-8-2)34-27-21-22-31-42(53)55-46(5,6)38-52-41(37-54-10-4)49-43-44(52)39-29-23-24-30-40(39)48-45(43)47/h23-24,29-30H,7-22,25-28,31-38H2,1-6H3,(H2,47,48). The third-order valence-corrected chi connectivity index (χ3v) is 11.0. The number of aromatic nitrogens is 3. The highest BCUT2D eigenvalue weighted by molar-refractivity contribution is 6.06. The number of unbranched alkanes of at least 4 members (excludes halogenated alkanes) is 14. The number of fused-ring (bicyclic) bond motifs is 3. The number of benzene rings is 1. The molecule has 2 N–H and O–H groups in total. The highest BCUT2D eigenvalue weighted by atomic mass is 16.6. The van der Waals surface area contributed by atoms with E-state index < -0.39 is 5.60 Å². The fourth-order valence-corrected chi connectivity index (χ4v) is 7.80. The molecule has 55 heavy (non-hydrogen) atoms. The van der Waals surface area contributed by atoms with Crippen LogP contribution in [0.5, 0.6) is 0 Å². The Bertz CT molecular complexity index is 1470. The molecule has 0 aliphatic heterocycles. The van der Waals surface area contributed by atoms with Crippen LogP contribution in [0.15, 0.2) is 24.3 Å². The molecule has 0 bridgehead atoms. The quantitative estimate of drug-likeness (QED) is 0.0483. The van der Waals surface area contributed by atoms with Crippen molar-refractivity contribution in [3.05, 3.63) is 30.1 Å². The van der Waals surface area contributed by atoms with Gasteiger partial charge in [0.1, 0.15) is 23.5 Å². The van der Waals surface area contributed by atoms with Gasteiger partial charge in [0.2, 0.25) is 0 Å². The molecule has 0 spiro atoms. The van der Waals surface area contributed by atoms with Gasteiger partial charge in [0, 0.05) is 18.4 Å². The van der Waals surface area contributed by atoms with E-state index in [1.54, 1.807) is 0 Å². The molecule has 0 aliphatic rings. The first-order chi connectivity index (χ1) is 26.7. The second kappa shape index (κ2) is 27.0. The molecule has 0 radical (unpaired) electrons. The van der Waals surface area contributed by atoms with E-state index >= 15 is 0 Å². The van der Waals surface area contributed by atoms with E-state index in [-0.39, 0.29) is 5.97 Å². The summed E-state index contributed by atoms with van der Waals surface area (Å²) >= 11 is 0. The van der Waals surface area contributed by atoms with Crippen LogP contribution in [0.2, 0.25) is 0 Å². The number of ether oxygens (including phenoxy) is 2. The average molecular weight is 765 g/mol. The molecule has 9 heteroatoms. The Balaban J connectivity index is 1.47. The first-order valence-electron chi connectivity index (χ1n) is 22.5. The van der Waals surface area contributed by atoms with Crippen LogP contribution >= 0.6 is 0 Å². The number of anilines is 1. The third-order valence-electron chi connectivity index (χ3n) is 11.0. The minimum atomic E-state index is -0.751. The number of nitrogens with zero attached hydrogens (tertiary/aromatic N) is 5. The van der Waals surface area contributed by atoms with Crippen molar-refractivity contribution in [2.45, 2.75) is 182 Å². The lowest BCUT2D eigenvalue weighted by atomic mass is 10.1. The first kappa shape index (κ1) is 46.6. The van der Waals surface area contributed by atoms with Gasteiger partial charge in [-0.3, -0.25) is 4.79 Å². The second-order valence-corrected chi connectivity index (χ2v) is 16.4. The van der Waals surface area contributed by atoms with Gasteiger partial charge in [-0.2, -0.15) is 0 Å². The number of nitrogen functional groups attached to an aromatic ring is 1. The predicted octanol–water partition coefficient (Wildman–Crippen LogP) is 11.1. The van der Waals surface area contributed by atoms with E-state index in [1.807, 2.05) is 45.0 Å². The van der Waals surface area contributed by atoms with Gasteiger partial charge in [-0.05, 0) is 98.2 Å². The van der Waals surface area contributed by atoms with Gasteiger partial charge in [-0.25, -0.2) is 9.97 Å². The number of hydrogen-bond acceptors (Lipinski definition) is 8.